The van der Waals surface area contributed by atoms with Crippen LogP contribution in [0.25, 0.3) is 17.2 Å². The quantitative estimate of drug-likeness (QED) is 0.529. The van der Waals surface area contributed by atoms with E-state index in [1.807, 2.05) is 13.8 Å². The first-order valence-corrected chi connectivity index (χ1v) is 13.5. The Morgan fingerprint density at radius 3 is 2.58 bits per heavy atom. The maximum Gasteiger partial charge on any atom is 0.417 e. The smallest absolute Gasteiger partial charge is 0.351 e. The summed E-state index contributed by atoms with van der Waals surface area (Å²) in [5.41, 5.74) is -0.0847. The molecule has 0 spiro atoms. The number of hydrogen-bond donors (Lipinski definition) is 1. The van der Waals surface area contributed by atoms with E-state index in [4.69, 9.17) is 10.1 Å². The Hall–Kier alpha value is -2.77. The van der Waals surface area contributed by atoms with Crippen molar-refractivity contribution in [2.75, 3.05) is 23.7 Å². The Kier molecular flexibility index (Phi) is 6.20. The third-order valence-electron chi connectivity index (χ3n) is 7.06. The van der Waals surface area contributed by atoms with Gasteiger partial charge in [0, 0.05) is 43.6 Å². The number of halogens is 3. The molecular weight excluding hydrogens is 495 g/mol. The van der Waals surface area contributed by atoms with Gasteiger partial charge in [-0.3, -0.25) is 9.30 Å². The van der Waals surface area contributed by atoms with Crippen molar-refractivity contribution in [2.45, 2.75) is 51.0 Å². The lowest BCUT2D eigenvalue weighted by Gasteiger charge is -2.49. The molecule has 2 fully saturated rings. The Bertz CT molecular complexity index is 1370. The lowest BCUT2D eigenvalue weighted by Crippen LogP contribution is -2.62. The molecule has 3 atom stereocenters. The molecule has 1 aliphatic carbocycles. The standard InChI is InChI=1S/C23H28F3N7O2S/c1-14(13-36(27,34)35)21-15(2)31(9-10-32(21)17-4-5-17)20-7-8-28-22(30-20)18-11-29-19-6-3-16(12-33(18)19)23(24,25)26/h3,6-8,11-12,14-15,17,21H,4-5,9-10,13H2,1-2H3,(H2,27,34,35)/t14-,15-,21-/m1/s1. The molecule has 36 heavy (non-hydrogen) atoms. The number of nitrogens with zero attached hydrogens (tertiary/aromatic N) is 6. The van der Waals surface area contributed by atoms with Gasteiger partial charge in [-0.2, -0.15) is 13.2 Å². The number of fused-ring (bicyclic) bond motifs is 1. The van der Waals surface area contributed by atoms with Gasteiger partial charge >= 0.3 is 6.18 Å². The number of primary sulfonamides is 1. The lowest BCUT2D eigenvalue weighted by atomic mass is 9.91. The molecule has 4 heterocycles. The second kappa shape index (κ2) is 8.96. The first kappa shape index (κ1) is 24.9. The molecule has 0 bridgehead atoms. The fourth-order valence-corrected chi connectivity index (χ4v) is 6.34. The van der Waals surface area contributed by atoms with Crippen molar-refractivity contribution < 1.29 is 21.6 Å². The van der Waals surface area contributed by atoms with Gasteiger partial charge in [0.05, 0.1) is 17.5 Å². The predicted molar refractivity (Wildman–Crippen MR) is 129 cm³/mol. The Morgan fingerprint density at radius 2 is 1.92 bits per heavy atom. The average molecular weight is 524 g/mol. The number of rotatable bonds is 6. The summed E-state index contributed by atoms with van der Waals surface area (Å²) in [5, 5.41) is 5.37. The summed E-state index contributed by atoms with van der Waals surface area (Å²) in [6, 6.07) is 4.40. The third-order valence-corrected chi connectivity index (χ3v) is 8.05. The predicted octanol–water partition coefficient (Wildman–Crippen LogP) is 2.78. The maximum atomic E-state index is 13.3. The molecule has 13 heteroatoms. The van der Waals surface area contributed by atoms with E-state index in [9.17, 15) is 21.6 Å². The van der Waals surface area contributed by atoms with Crippen LogP contribution in [0.4, 0.5) is 19.0 Å². The van der Waals surface area contributed by atoms with Crippen molar-refractivity contribution >= 4 is 21.5 Å². The van der Waals surface area contributed by atoms with Crippen LogP contribution in [0.5, 0.6) is 0 Å². The summed E-state index contributed by atoms with van der Waals surface area (Å²) < 4.78 is 64.9. The van der Waals surface area contributed by atoms with Gasteiger partial charge in [-0.15, -0.1) is 0 Å². The highest BCUT2D eigenvalue weighted by Gasteiger charge is 2.44. The highest BCUT2D eigenvalue weighted by molar-refractivity contribution is 7.89. The van der Waals surface area contributed by atoms with E-state index in [1.54, 1.807) is 12.3 Å². The first-order chi connectivity index (χ1) is 16.9. The molecule has 1 aliphatic heterocycles. The monoisotopic (exact) mass is 523 g/mol. The zero-order valence-electron chi connectivity index (χ0n) is 19.9. The molecule has 0 amide bonds. The molecule has 2 N–H and O–H groups in total. The number of anilines is 1. The Balaban J connectivity index is 1.48. The van der Waals surface area contributed by atoms with Crippen molar-refractivity contribution in [3.63, 3.8) is 0 Å². The number of piperazine rings is 1. The molecule has 0 aromatic carbocycles. The van der Waals surface area contributed by atoms with Gasteiger partial charge in [0.2, 0.25) is 10.0 Å². The molecule has 3 aromatic heterocycles. The zero-order chi connectivity index (χ0) is 25.8. The van der Waals surface area contributed by atoms with Gasteiger partial charge < -0.3 is 4.90 Å². The van der Waals surface area contributed by atoms with Crippen molar-refractivity contribution in [1.82, 2.24) is 24.3 Å². The SMILES string of the molecule is C[C@H](CS(N)(=O)=O)[C@@H]1[C@@H](C)N(c2ccnc(-c3cnc4ccc(C(F)(F)F)cn34)n2)CCN1C1CC1. The van der Waals surface area contributed by atoms with Gasteiger partial charge in [-0.05, 0) is 43.9 Å². The third kappa shape index (κ3) is 4.91. The summed E-state index contributed by atoms with van der Waals surface area (Å²) in [5.74, 6) is 0.569. The summed E-state index contributed by atoms with van der Waals surface area (Å²) in [6.07, 6.45) is 1.73. The minimum absolute atomic E-state index is 0.0480. The molecular formula is C23H28F3N7O2S. The van der Waals surface area contributed by atoms with Crippen LogP contribution in [-0.4, -0.2) is 69.6 Å². The topological polar surface area (TPSA) is 110 Å². The summed E-state index contributed by atoms with van der Waals surface area (Å²) in [7, 11) is -3.64. The molecule has 3 aromatic rings. The van der Waals surface area contributed by atoms with Gasteiger partial charge in [0.25, 0.3) is 0 Å². The summed E-state index contributed by atoms with van der Waals surface area (Å²) in [6.45, 7) is 5.38. The number of nitrogens with two attached hydrogens (primary N) is 1. The zero-order valence-corrected chi connectivity index (χ0v) is 20.7. The van der Waals surface area contributed by atoms with Crippen LogP contribution in [0.3, 0.4) is 0 Å². The second-order valence-electron chi connectivity index (χ2n) is 9.73. The van der Waals surface area contributed by atoms with Gasteiger partial charge in [-0.1, -0.05) is 6.92 Å². The fraction of sp³-hybridized carbons (Fsp3) is 0.522. The fourth-order valence-electron chi connectivity index (χ4n) is 5.41. The number of hydrogen-bond acceptors (Lipinski definition) is 7. The second-order valence-corrected chi connectivity index (χ2v) is 11.4. The minimum atomic E-state index is -4.49. The van der Waals surface area contributed by atoms with E-state index in [2.05, 4.69) is 19.8 Å². The normalized spacial score (nSPS) is 22.8. The van der Waals surface area contributed by atoms with Crippen molar-refractivity contribution in [3.8, 4) is 11.5 Å². The molecule has 9 nitrogen and oxygen atoms in total. The highest BCUT2D eigenvalue weighted by atomic mass is 32.2. The lowest BCUT2D eigenvalue weighted by molar-refractivity contribution is -0.137. The molecule has 0 unspecified atom stereocenters. The van der Waals surface area contributed by atoms with Crippen molar-refractivity contribution in [3.05, 3.63) is 42.4 Å². The van der Waals surface area contributed by atoms with Gasteiger partial charge in [0.15, 0.2) is 5.82 Å². The molecule has 194 valence electrons. The van der Waals surface area contributed by atoms with Crippen LogP contribution in [0.15, 0.2) is 36.8 Å². The summed E-state index contributed by atoms with van der Waals surface area (Å²) in [4.78, 5) is 17.7. The van der Waals surface area contributed by atoms with Gasteiger partial charge in [0.1, 0.15) is 17.2 Å². The number of aromatic nitrogens is 4. The van der Waals surface area contributed by atoms with E-state index in [0.29, 0.717) is 29.7 Å². The van der Waals surface area contributed by atoms with E-state index in [1.165, 1.54) is 16.7 Å². The Morgan fingerprint density at radius 1 is 1.17 bits per heavy atom. The van der Waals surface area contributed by atoms with E-state index in [0.717, 1.165) is 31.6 Å². The van der Waals surface area contributed by atoms with E-state index >= 15 is 0 Å². The highest BCUT2D eigenvalue weighted by Crippen LogP contribution is 2.37. The number of sulfonamides is 1. The largest absolute Gasteiger partial charge is 0.417 e. The van der Waals surface area contributed by atoms with Crippen LogP contribution in [0, 0.1) is 5.92 Å². The maximum absolute atomic E-state index is 13.3. The average Bonchev–Trinajstić information content (AvgIpc) is 3.55. The van der Waals surface area contributed by atoms with Crippen molar-refractivity contribution in [2.24, 2.45) is 11.1 Å². The Labute approximate surface area is 207 Å². The van der Waals surface area contributed by atoms with Crippen LogP contribution in [0.1, 0.15) is 32.3 Å². The van der Waals surface area contributed by atoms with Crippen LogP contribution >= 0.6 is 0 Å². The summed E-state index contributed by atoms with van der Waals surface area (Å²) >= 11 is 0. The van der Waals surface area contributed by atoms with E-state index < -0.39 is 21.8 Å². The molecule has 1 saturated carbocycles. The molecule has 0 radical (unpaired) electrons. The minimum Gasteiger partial charge on any atom is -0.351 e. The number of imidazole rings is 1. The van der Waals surface area contributed by atoms with E-state index in [-0.39, 0.29) is 29.6 Å². The first-order valence-electron chi connectivity index (χ1n) is 11.8. The van der Waals surface area contributed by atoms with Crippen LogP contribution < -0.4 is 10.0 Å². The van der Waals surface area contributed by atoms with Crippen LogP contribution in [0.2, 0.25) is 0 Å². The molecule has 5 rings (SSSR count). The number of alkyl halides is 3. The molecule has 2 aliphatic rings. The number of pyridine rings is 1. The van der Waals surface area contributed by atoms with Gasteiger partial charge in [-0.25, -0.2) is 28.5 Å². The van der Waals surface area contributed by atoms with Crippen molar-refractivity contribution in [1.29, 1.82) is 0 Å². The van der Waals surface area contributed by atoms with Crippen LogP contribution in [-0.2, 0) is 16.2 Å². The molecule has 1 saturated heterocycles.